The molecule has 0 aliphatic carbocycles. The summed E-state index contributed by atoms with van der Waals surface area (Å²) >= 11 is 1.54. The molecule has 0 aromatic carbocycles. The van der Waals surface area contributed by atoms with Crippen molar-refractivity contribution in [1.29, 1.82) is 0 Å². The molecular weight excluding hydrogens is 262 g/mol. The van der Waals surface area contributed by atoms with Crippen LogP contribution >= 0.6 is 11.3 Å². The fourth-order valence-corrected chi connectivity index (χ4v) is 3.05. The standard InChI is InChI=1S/C13H21N3O2S/c1-9(2)6-11-7-14-13(19-11)16-12(17)15-10-4-3-5-18-8-10/h7,9-10H,3-6,8H2,1-2H3,(H2,14,15,16,17)/t10-/m1/s1. The molecule has 0 unspecified atom stereocenters. The molecule has 2 amide bonds. The van der Waals surface area contributed by atoms with Gasteiger partial charge in [-0.25, -0.2) is 9.78 Å². The number of hydrogen-bond donors (Lipinski definition) is 2. The maximum atomic E-state index is 11.8. The van der Waals surface area contributed by atoms with Crippen molar-refractivity contribution in [3.8, 4) is 0 Å². The first kappa shape index (κ1) is 14.3. The number of amides is 2. The molecule has 0 spiro atoms. The highest BCUT2D eigenvalue weighted by Gasteiger charge is 2.16. The molecule has 0 radical (unpaired) electrons. The van der Waals surface area contributed by atoms with Gasteiger partial charge in [0.05, 0.1) is 12.6 Å². The van der Waals surface area contributed by atoms with E-state index in [0.29, 0.717) is 17.7 Å². The van der Waals surface area contributed by atoms with E-state index >= 15 is 0 Å². The number of hydrogen-bond acceptors (Lipinski definition) is 4. The van der Waals surface area contributed by atoms with Crippen LogP contribution in [0, 0.1) is 5.92 Å². The highest BCUT2D eigenvalue weighted by molar-refractivity contribution is 7.15. The second-order valence-electron chi connectivity index (χ2n) is 5.24. The van der Waals surface area contributed by atoms with Gasteiger partial charge in [-0.3, -0.25) is 5.32 Å². The Hall–Kier alpha value is -1.14. The Kier molecular flexibility index (Phi) is 5.15. The summed E-state index contributed by atoms with van der Waals surface area (Å²) in [5.41, 5.74) is 0. The van der Waals surface area contributed by atoms with Gasteiger partial charge in [0, 0.05) is 17.7 Å². The largest absolute Gasteiger partial charge is 0.379 e. The van der Waals surface area contributed by atoms with Crippen molar-refractivity contribution in [2.24, 2.45) is 5.92 Å². The van der Waals surface area contributed by atoms with Crippen LogP contribution in [0.4, 0.5) is 9.93 Å². The number of rotatable bonds is 4. The predicted octanol–water partition coefficient (Wildman–Crippen LogP) is 2.64. The lowest BCUT2D eigenvalue weighted by molar-refractivity contribution is 0.0739. The molecule has 1 aromatic heterocycles. The zero-order valence-corrected chi connectivity index (χ0v) is 12.3. The van der Waals surface area contributed by atoms with Gasteiger partial charge in [0.15, 0.2) is 5.13 Å². The Morgan fingerprint density at radius 2 is 2.47 bits per heavy atom. The Balaban J connectivity index is 1.79. The highest BCUT2D eigenvalue weighted by Crippen LogP contribution is 2.20. The minimum absolute atomic E-state index is 0.115. The van der Waals surface area contributed by atoms with Crippen LogP contribution < -0.4 is 10.6 Å². The fraction of sp³-hybridized carbons (Fsp3) is 0.692. The van der Waals surface area contributed by atoms with E-state index in [-0.39, 0.29) is 12.1 Å². The monoisotopic (exact) mass is 283 g/mol. The van der Waals surface area contributed by atoms with Gasteiger partial charge in [-0.1, -0.05) is 13.8 Å². The molecule has 19 heavy (non-hydrogen) atoms. The summed E-state index contributed by atoms with van der Waals surface area (Å²) in [7, 11) is 0. The summed E-state index contributed by atoms with van der Waals surface area (Å²) in [5, 5.41) is 6.35. The van der Waals surface area contributed by atoms with E-state index < -0.39 is 0 Å². The van der Waals surface area contributed by atoms with Crippen molar-refractivity contribution in [2.75, 3.05) is 18.5 Å². The van der Waals surface area contributed by atoms with Crippen LogP contribution in [0.1, 0.15) is 31.6 Å². The lowest BCUT2D eigenvalue weighted by Crippen LogP contribution is -2.42. The van der Waals surface area contributed by atoms with Crippen molar-refractivity contribution >= 4 is 22.5 Å². The number of carbonyl (C=O) groups excluding carboxylic acids is 1. The van der Waals surface area contributed by atoms with Crippen LogP contribution in [-0.4, -0.2) is 30.3 Å². The molecule has 106 valence electrons. The number of nitrogens with zero attached hydrogens (tertiary/aromatic N) is 1. The number of thiazole rings is 1. The van der Waals surface area contributed by atoms with E-state index in [9.17, 15) is 4.79 Å². The average molecular weight is 283 g/mol. The first-order valence-corrected chi connectivity index (χ1v) is 7.55. The minimum Gasteiger partial charge on any atom is -0.379 e. The third-order valence-corrected chi connectivity index (χ3v) is 3.81. The van der Waals surface area contributed by atoms with Gasteiger partial charge >= 0.3 is 6.03 Å². The molecule has 0 saturated carbocycles. The zero-order valence-electron chi connectivity index (χ0n) is 11.4. The van der Waals surface area contributed by atoms with Crippen LogP contribution in [0.15, 0.2) is 6.20 Å². The van der Waals surface area contributed by atoms with E-state index in [1.54, 1.807) is 0 Å². The molecule has 0 bridgehead atoms. The normalized spacial score (nSPS) is 19.4. The molecule has 1 atom stereocenters. The van der Waals surface area contributed by atoms with Crippen molar-refractivity contribution < 1.29 is 9.53 Å². The van der Waals surface area contributed by atoms with Gasteiger partial charge in [-0.05, 0) is 25.2 Å². The highest BCUT2D eigenvalue weighted by atomic mass is 32.1. The van der Waals surface area contributed by atoms with E-state index in [1.165, 1.54) is 16.2 Å². The average Bonchev–Trinajstić information content (AvgIpc) is 2.76. The van der Waals surface area contributed by atoms with E-state index in [4.69, 9.17) is 4.74 Å². The summed E-state index contributed by atoms with van der Waals surface area (Å²) in [6.45, 7) is 5.74. The number of aromatic nitrogens is 1. The number of carbonyl (C=O) groups is 1. The Bertz CT molecular complexity index is 414. The fourth-order valence-electron chi connectivity index (χ4n) is 2.04. The molecule has 1 fully saturated rings. The number of anilines is 1. The third-order valence-electron chi connectivity index (χ3n) is 2.88. The van der Waals surface area contributed by atoms with E-state index in [1.807, 2.05) is 6.20 Å². The lowest BCUT2D eigenvalue weighted by Gasteiger charge is -2.22. The molecule has 2 rings (SSSR count). The van der Waals surface area contributed by atoms with Crippen LogP contribution in [0.25, 0.3) is 0 Å². The molecule has 1 aliphatic heterocycles. The van der Waals surface area contributed by atoms with Crippen LogP contribution in [0.2, 0.25) is 0 Å². The van der Waals surface area contributed by atoms with Gasteiger partial charge < -0.3 is 10.1 Å². The number of ether oxygens (including phenoxy) is 1. The summed E-state index contributed by atoms with van der Waals surface area (Å²) < 4.78 is 5.33. The summed E-state index contributed by atoms with van der Waals surface area (Å²) in [6, 6.07) is -0.0789. The molecule has 6 heteroatoms. The zero-order chi connectivity index (χ0) is 13.7. The van der Waals surface area contributed by atoms with Gasteiger partial charge in [0.25, 0.3) is 0 Å². The predicted molar refractivity (Wildman–Crippen MR) is 76.7 cm³/mol. The first-order valence-electron chi connectivity index (χ1n) is 6.73. The minimum atomic E-state index is -0.194. The molecule has 5 nitrogen and oxygen atoms in total. The van der Waals surface area contributed by atoms with Crippen LogP contribution in [0.3, 0.4) is 0 Å². The van der Waals surface area contributed by atoms with Gasteiger partial charge in [0.2, 0.25) is 0 Å². The van der Waals surface area contributed by atoms with Crippen molar-refractivity contribution in [1.82, 2.24) is 10.3 Å². The molecule has 1 aromatic rings. The molecule has 2 N–H and O–H groups in total. The Labute approximate surface area is 117 Å². The second-order valence-corrected chi connectivity index (χ2v) is 6.36. The summed E-state index contributed by atoms with van der Waals surface area (Å²) in [6.07, 6.45) is 4.81. The topological polar surface area (TPSA) is 63.2 Å². The van der Waals surface area contributed by atoms with Gasteiger partial charge in [-0.15, -0.1) is 11.3 Å². The van der Waals surface area contributed by atoms with Gasteiger partial charge in [0.1, 0.15) is 0 Å². The lowest BCUT2D eigenvalue weighted by atomic mass is 10.1. The third kappa shape index (κ3) is 4.80. The van der Waals surface area contributed by atoms with Crippen LogP contribution in [0.5, 0.6) is 0 Å². The molecular formula is C13H21N3O2S. The maximum Gasteiger partial charge on any atom is 0.321 e. The van der Waals surface area contributed by atoms with E-state index in [2.05, 4.69) is 29.5 Å². The van der Waals surface area contributed by atoms with Crippen molar-refractivity contribution in [2.45, 2.75) is 39.2 Å². The smallest absolute Gasteiger partial charge is 0.321 e. The van der Waals surface area contributed by atoms with Crippen molar-refractivity contribution in [3.63, 3.8) is 0 Å². The van der Waals surface area contributed by atoms with Gasteiger partial charge in [-0.2, -0.15) is 0 Å². The quantitative estimate of drug-likeness (QED) is 0.893. The number of urea groups is 1. The summed E-state index contributed by atoms with van der Waals surface area (Å²) in [4.78, 5) is 17.2. The Morgan fingerprint density at radius 1 is 1.63 bits per heavy atom. The van der Waals surface area contributed by atoms with Crippen molar-refractivity contribution in [3.05, 3.63) is 11.1 Å². The SMILES string of the molecule is CC(C)Cc1cnc(NC(=O)N[C@@H]2CCCOC2)s1. The maximum absolute atomic E-state index is 11.8. The number of nitrogens with one attached hydrogen (secondary N) is 2. The Morgan fingerprint density at radius 3 is 3.16 bits per heavy atom. The summed E-state index contributed by atoms with van der Waals surface area (Å²) in [5.74, 6) is 0.599. The molecule has 1 saturated heterocycles. The second kappa shape index (κ2) is 6.86. The van der Waals surface area contributed by atoms with E-state index in [0.717, 1.165) is 25.9 Å². The first-order chi connectivity index (χ1) is 9.13. The molecule has 2 heterocycles. The van der Waals surface area contributed by atoms with Crippen LogP contribution in [-0.2, 0) is 11.2 Å². The molecule has 1 aliphatic rings.